The van der Waals surface area contributed by atoms with E-state index in [1.165, 1.54) is 25.7 Å². The Morgan fingerprint density at radius 3 is 2.62 bits per heavy atom. The van der Waals surface area contributed by atoms with Gasteiger partial charge < -0.3 is 9.73 Å². The van der Waals surface area contributed by atoms with E-state index in [1.807, 2.05) is 18.2 Å². The highest BCUT2D eigenvalue weighted by Gasteiger charge is 2.20. The maximum Gasteiger partial charge on any atom is 0.287 e. The van der Waals surface area contributed by atoms with E-state index in [1.54, 1.807) is 0 Å². The topological polar surface area (TPSA) is 42.2 Å². The van der Waals surface area contributed by atoms with Crippen LogP contribution >= 0.6 is 0 Å². The van der Waals surface area contributed by atoms with Crippen LogP contribution in [0.3, 0.4) is 0 Å². The summed E-state index contributed by atoms with van der Waals surface area (Å²) in [5.41, 5.74) is 1.87. The van der Waals surface area contributed by atoms with E-state index in [2.05, 4.69) is 32.2 Å². The summed E-state index contributed by atoms with van der Waals surface area (Å²) >= 11 is 0. The standard InChI is InChI=1S/C21H31NO2/c1-4-5-6-7-10-15-22-21(23)20-18(14-13-16(2)3)17-11-8-9-12-19(17)24-20/h8-9,11-12,16H,4-7,10,13-15H2,1-3H3,(H,22,23). The molecule has 0 saturated carbocycles. The minimum absolute atomic E-state index is 0.0690. The SMILES string of the molecule is CCCCCCCNC(=O)c1oc2ccccc2c1CCC(C)C. The lowest BCUT2D eigenvalue weighted by atomic mass is 10.00. The van der Waals surface area contributed by atoms with Gasteiger partial charge in [-0.25, -0.2) is 0 Å². The van der Waals surface area contributed by atoms with Crippen LogP contribution in [-0.4, -0.2) is 12.5 Å². The Balaban J connectivity index is 2.03. The Morgan fingerprint density at radius 2 is 1.88 bits per heavy atom. The first-order valence-corrected chi connectivity index (χ1v) is 9.42. The monoisotopic (exact) mass is 329 g/mol. The second-order valence-electron chi connectivity index (χ2n) is 7.01. The van der Waals surface area contributed by atoms with Crippen LogP contribution in [0.15, 0.2) is 28.7 Å². The van der Waals surface area contributed by atoms with Crippen molar-refractivity contribution in [3.05, 3.63) is 35.6 Å². The minimum Gasteiger partial charge on any atom is -0.451 e. The molecule has 1 heterocycles. The number of hydrogen-bond donors (Lipinski definition) is 1. The van der Waals surface area contributed by atoms with Gasteiger partial charge in [-0.2, -0.15) is 0 Å². The summed E-state index contributed by atoms with van der Waals surface area (Å²) in [7, 11) is 0. The third kappa shape index (κ3) is 5.12. The lowest BCUT2D eigenvalue weighted by Crippen LogP contribution is -2.25. The molecule has 1 aromatic heterocycles. The Labute approximate surface area is 145 Å². The second kappa shape index (κ2) is 9.51. The fourth-order valence-electron chi connectivity index (χ4n) is 2.97. The van der Waals surface area contributed by atoms with Crippen molar-refractivity contribution in [1.82, 2.24) is 5.32 Å². The number of amides is 1. The Hall–Kier alpha value is -1.77. The number of carbonyl (C=O) groups excluding carboxylic acids is 1. The van der Waals surface area contributed by atoms with Crippen LogP contribution in [0.5, 0.6) is 0 Å². The maximum absolute atomic E-state index is 12.6. The van der Waals surface area contributed by atoms with Crippen molar-refractivity contribution in [1.29, 1.82) is 0 Å². The molecule has 2 rings (SSSR count). The average molecular weight is 329 g/mol. The molecule has 1 amide bonds. The van der Waals surface area contributed by atoms with E-state index in [4.69, 9.17) is 4.42 Å². The molecule has 0 aliphatic carbocycles. The number of aryl methyl sites for hydroxylation is 1. The molecular formula is C21H31NO2. The zero-order valence-corrected chi connectivity index (χ0v) is 15.4. The first kappa shape index (κ1) is 18.6. The first-order valence-electron chi connectivity index (χ1n) is 9.42. The molecular weight excluding hydrogens is 298 g/mol. The van der Waals surface area contributed by atoms with E-state index in [0.717, 1.165) is 42.3 Å². The second-order valence-corrected chi connectivity index (χ2v) is 7.01. The van der Waals surface area contributed by atoms with E-state index >= 15 is 0 Å². The van der Waals surface area contributed by atoms with Gasteiger partial charge in [0.1, 0.15) is 5.58 Å². The molecule has 1 aromatic carbocycles. The lowest BCUT2D eigenvalue weighted by Gasteiger charge is -2.07. The van der Waals surface area contributed by atoms with Crippen LogP contribution < -0.4 is 5.32 Å². The van der Waals surface area contributed by atoms with Crippen LogP contribution in [0.1, 0.15) is 75.4 Å². The van der Waals surface area contributed by atoms with Gasteiger partial charge in [-0.15, -0.1) is 0 Å². The molecule has 132 valence electrons. The van der Waals surface area contributed by atoms with Gasteiger partial charge in [-0.1, -0.05) is 64.7 Å². The Morgan fingerprint density at radius 1 is 1.12 bits per heavy atom. The third-order valence-corrected chi connectivity index (χ3v) is 4.44. The maximum atomic E-state index is 12.6. The van der Waals surface area contributed by atoms with Gasteiger partial charge in [-0.05, 0) is 31.2 Å². The molecule has 0 unspecified atom stereocenters. The number of carbonyl (C=O) groups is 1. The first-order chi connectivity index (χ1) is 11.6. The number of benzene rings is 1. The summed E-state index contributed by atoms with van der Waals surface area (Å²) in [5.74, 6) is 1.04. The van der Waals surface area contributed by atoms with Crippen molar-refractivity contribution < 1.29 is 9.21 Å². The number of nitrogens with one attached hydrogen (secondary N) is 1. The summed E-state index contributed by atoms with van der Waals surface area (Å²) in [6.07, 6.45) is 7.91. The zero-order chi connectivity index (χ0) is 17.4. The molecule has 0 spiro atoms. The highest BCUT2D eigenvalue weighted by molar-refractivity contribution is 5.99. The zero-order valence-electron chi connectivity index (χ0n) is 15.4. The molecule has 0 radical (unpaired) electrons. The van der Waals surface area contributed by atoms with Crippen LogP contribution in [0, 0.1) is 5.92 Å². The van der Waals surface area contributed by atoms with E-state index in [9.17, 15) is 4.79 Å². The van der Waals surface area contributed by atoms with E-state index < -0.39 is 0 Å². The molecule has 3 heteroatoms. The Bertz CT molecular complexity index is 642. The predicted octanol–water partition coefficient (Wildman–Crippen LogP) is 5.72. The van der Waals surface area contributed by atoms with Gasteiger partial charge in [0.15, 0.2) is 5.76 Å². The predicted molar refractivity (Wildman–Crippen MR) is 100 cm³/mol. The fraction of sp³-hybridized carbons (Fsp3) is 0.571. The summed E-state index contributed by atoms with van der Waals surface area (Å²) in [6.45, 7) is 7.35. The molecule has 0 atom stereocenters. The van der Waals surface area contributed by atoms with Crippen molar-refractivity contribution in [2.24, 2.45) is 5.92 Å². The summed E-state index contributed by atoms with van der Waals surface area (Å²) in [4.78, 5) is 12.6. The number of hydrogen-bond acceptors (Lipinski definition) is 2. The molecule has 0 fully saturated rings. The van der Waals surface area contributed by atoms with Crippen LogP contribution in [0.25, 0.3) is 11.0 Å². The number of furan rings is 1. The van der Waals surface area contributed by atoms with Gasteiger partial charge in [0, 0.05) is 17.5 Å². The van der Waals surface area contributed by atoms with E-state index in [-0.39, 0.29) is 5.91 Å². The molecule has 0 saturated heterocycles. The van der Waals surface area contributed by atoms with Gasteiger partial charge in [0.2, 0.25) is 0 Å². The van der Waals surface area contributed by atoms with Gasteiger partial charge in [-0.3, -0.25) is 4.79 Å². The average Bonchev–Trinajstić information content (AvgIpc) is 2.94. The van der Waals surface area contributed by atoms with Crippen LogP contribution in [-0.2, 0) is 6.42 Å². The van der Waals surface area contributed by atoms with E-state index in [0.29, 0.717) is 11.7 Å². The van der Waals surface area contributed by atoms with Gasteiger partial charge in [0.05, 0.1) is 0 Å². The molecule has 24 heavy (non-hydrogen) atoms. The highest BCUT2D eigenvalue weighted by atomic mass is 16.3. The molecule has 0 bridgehead atoms. The van der Waals surface area contributed by atoms with Crippen molar-refractivity contribution >= 4 is 16.9 Å². The summed E-state index contributed by atoms with van der Waals surface area (Å²) in [6, 6.07) is 7.95. The minimum atomic E-state index is -0.0690. The number of fused-ring (bicyclic) bond motifs is 1. The fourth-order valence-corrected chi connectivity index (χ4v) is 2.97. The van der Waals surface area contributed by atoms with Crippen molar-refractivity contribution in [2.75, 3.05) is 6.54 Å². The summed E-state index contributed by atoms with van der Waals surface area (Å²) < 4.78 is 5.88. The highest BCUT2D eigenvalue weighted by Crippen LogP contribution is 2.28. The van der Waals surface area contributed by atoms with Crippen molar-refractivity contribution in [2.45, 2.75) is 65.7 Å². The normalized spacial score (nSPS) is 11.3. The Kier molecular flexibility index (Phi) is 7.36. The smallest absolute Gasteiger partial charge is 0.287 e. The molecule has 2 aromatic rings. The van der Waals surface area contributed by atoms with Crippen LogP contribution in [0.2, 0.25) is 0 Å². The number of para-hydroxylation sites is 1. The molecule has 1 N–H and O–H groups in total. The van der Waals surface area contributed by atoms with Gasteiger partial charge in [0.25, 0.3) is 5.91 Å². The molecule has 3 nitrogen and oxygen atoms in total. The van der Waals surface area contributed by atoms with Crippen molar-refractivity contribution in [3.63, 3.8) is 0 Å². The largest absolute Gasteiger partial charge is 0.451 e. The summed E-state index contributed by atoms with van der Waals surface area (Å²) in [5, 5.41) is 4.11. The van der Waals surface area contributed by atoms with Crippen LogP contribution in [0.4, 0.5) is 0 Å². The number of rotatable bonds is 10. The quantitative estimate of drug-likeness (QED) is 0.566. The van der Waals surface area contributed by atoms with Crippen molar-refractivity contribution in [3.8, 4) is 0 Å². The molecule has 0 aliphatic rings. The molecule has 0 aliphatic heterocycles. The number of unbranched alkanes of at least 4 members (excludes halogenated alkanes) is 4. The lowest BCUT2D eigenvalue weighted by molar-refractivity contribution is 0.0926. The van der Waals surface area contributed by atoms with Gasteiger partial charge >= 0.3 is 0 Å². The third-order valence-electron chi connectivity index (χ3n) is 4.44.